The van der Waals surface area contributed by atoms with E-state index in [4.69, 9.17) is 11.6 Å². The lowest BCUT2D eigenvalue weighted by Crippen LogP contribution is -2.17. The van der Waals surface area contributed by atoms with Crippen LogP contribution in [0.4, 0.5) is 0 Å². The highest BCUT2D eigenvalue weighted by Crippen LogP contribution is 2.19. The Morgan fingerprint density at radius 3 is 2.62 bits per heavy atom. The molecule has 2 N–H and O–H groups in total. The number of amides is 1. The van der Waals surface area contributed by atoms with Crippen molar-refractivity contribution in [2.24, 2.45) is 5.10 Å². The first-order valence-electron chi connectivity index (χ1n) is 7.94. The SMILES string of the molecule is Cc1nn(Cc2ccccc2)c(Cl)c1/C=N\NC(=O)c1ccc(O)cc1. The van der Waals surface area contributed by atoms with Crippen LogP contribution in [0, 0.1) is 6.92 Å². The molecular formula is C19H17ClN4O2. The van der Waals surface area contributed by atoms with Crippen LogP contribution >= 0.6 is 11.6 Å². The summed E-state index contributed by atoms with van der Waals surface area (Å²) in [7, 11) is 0. The Labute approximate surface area is 155 Å². The Morgan fingerprint density at radius 2 is 1.92 bits per heavy atom. The van der Waals surface area contributed by atoms with Gasteiger partial charge in [-0.05, 0) is 36.8 Å². The number of carbonyl (C=O) groups excluding carboxylic acids is 1. The van der Waals surface area contributed by atoms with Crippen LogP contribution in [0.25, 0.3) is 0 Å². The third-order valence-electron chi connectivity index (χ3n) is 3.77. The van der Waals surface area contributed by atoms with Crippen LogP contribution in [0.5, 0.6) is 5.75 Å². The quantitative estimate of drug-likeness (QED) is 0.535. The van der Waals surface area contributed by atoms with Crippen molar-refractivity contribution in [3.05, 3.63) is 82.1 Å². The lowest BCUT2D eigenvalue weighted by molar-refractivity contribution is 0.0955. The van der Waals surface area contributed by atoms with Crippen LogP contribution in [0.1, 0.15) is 27.2 Å². The minimum Gasteiger partial charge on any atom is -0.508 e. The highest BCUT2D eigenvalue weighted by molar-refractivity contribution is 6.32. The Kier molecular flexibility index (Phi) is 5.34. The molecule has 2 aromatic carbocycles. The first-order valence-corrected chi connectivity index (χ1v) is 8.31. The number of hydrogen-bond donors (Lipinski definition) is 2. The van der Waals surface area contributed by atoms with Gasteiger partial charge in [-0.15, -0.1) is 0 Å². The van der Waals surface area contributed by atoms with Crippen LogP contribution in [-0.4, -0.2) is 27.0 Å². The number of benzene rings is 2. The van der Waals surface area contributed by atoms with E-state index in [2.05, 4.69) is 15.6 Å². The van der Waals surface area contributed by atoms with Crippen molar-refractivity contribution >= 4 is 23.7 Å². The molecule has 0 atom stereocenters. The standard InChI is InChI=1S/C19H17ClN4O2/c1-13-17(11-21-22-19(26)15-7-9-16(25)10-8-15)18(20)24(23-13)12-14-5-3-2-4-6-14/h2-11,25H,12H2,1H3,(H,22,26)/b21-11-. The normalized spacial score (nSPS) is 11.0. The van der Waals surface area contributed by atoms with Crippen molar-refractivity contribution in [1.82, 2.24) is 15.2 Å². The Hall–Kier alpha value is -3.12. The highest BCUT2D eigenvalue weighted by Gasteiger charge is 2.12. The Bertz CT molecular complexity index is 934. The molecule has 1 amide bonds. The van der Waals surface area contributed by atoms with E-state index in [1.165, 1.54) is 30.5 Å². The van der Waals surface area contributed by atoms with Gasteiger partial charge in [-0.1, -0.05) is 41.9 Å². The van der Waals surface area contributed by atoms with Gasteiger partial charge in [0.1, 0.15) is 10.9 Å². The van der Waals surface area contributed by atoms with E-state index in [0.29, 0.717) is 28.5 Å². The van der Waals surface area contributed by atoms with Gasteiger partial charge in [0.15, 0.2) is 0 Å². The fourth-order valence-corrected chi connectivity index (χ4v) is 2.69. The van der Waals surface area contributed by atoms with E-state index in [9.17, 15) is 9.90 Å². The molecule has 0 radical (unpaired) electrons. The molecule has 3 rings (SSSR count). The highest BCUT2D eigenvalue weighted by atomic mass is 35.5. The van der Waals surface area contributed by atoms with Gasteiger partial charge >= 0.3 is 0 Å². The number of hydrazone groups is 1. The first-order chi connectivity index (χ1) is 12.5. The summed E-state index contributed by atoms with van der Waals surface area (Å²) >= 11 is 6.40. The summed E-state index contributed by atoms with van der Waals surface area (Å²) in [6.07, 6.45) is 1.48. The monoisotopic (exact) mass is 368 g/mol. The fourth-order valence-electron chi connectivity index (χ4n) is 2.41. The summed E-state index contributed by atoms with van der Waals surface area (Å²) < 4.78 is 1.69. The average Bonchev–Trinajstić information content (AvgIpc) is 2.90. The topological polar surface area (TPSA) is 79.5 Å². The van der Waals surface area contributed by atoms with E-state index in [1.54, 1.807) is 4.68 Å². The Balaban J connectivity index is 1.70. The molecule has 0 bridgehead atoms. The fraction of sp³-hybridized carbons (Fsp3) is 0.105. The summed E-state index contributed by atoms with van der Waals surface area (Å²) in [4.78, 5) is 12.0. The number of aromatic hydroxyl groups is 1. The number of nitrogens with zero attached hydrogens (tertiary/aromatic N) is 3. The molecular weight excluding hydrogens is 352 g/mol. The second-order valence-electron chi connectivity index (χ2n) is 5.68. The van der Waals surface area contributed by atoms with Crippen LogP contribution in [-0.2, 0) is 6.54 Å². The van der Waals surface area contributed by atoms with Crippen molar-refractivity contribution in [1.29, 1.82) is 0 Å². The third kappa shape index (κ3) is 4.10. The van der Waals surface area contributed by atoms with Crippen molar-refractivity contribution < 1.29 is 9.90 Å². The second-order valence-corrected chi connectivity index (χ2v) is 6.04. The minimum atomic E-state index is -0.383. The first kappa shape index (κ1) is 17.7. The molecule has 0 aliphatic carbocycles. The van der Waals surface area contributed by atoms with Crippen molar-refractivity contribution in [2.45, 2.75) is 13.5 Å². The van der Waals surface area contributed by atoms with Gasteiger partial charge in [-0.2, -0.15) is 10.2 Å². The van der Waals surface area contributed by atoms with Crippen molar-refractivity contribution in [3.8, 4) is 5.75 Å². The summed E-state index contributed by atoms with van der Waals surface area (Å²) in [5.41, 5.74) is 5.27. The maximum atomic E-state index is 12.0. The van der Waals surface area contributed by atoms with Gasteiger partial charge in [0.2, 0.25) is 0 Å². The molecule has 0 saturated heterocycles. The summed E-state index contributed by atoms with van der Waals surface area (Å²) in [5, 5.41) is 18.1. The van der Waals surface area contributed by atoms with Gasteiger partial charge in [0, 0.05) is 5.56 Å². The third-order valence-corrected chi connectivity index (χ3v) is 4.17. The zero-order valence-corrected chi connectivity index (χ0v) is 14.8. The number of halogens is 1. The molecule has 7 heteroatoms. The zero-order valence-electron chi connectivity index (χ0n) is 14.1. The number of hydrogen-bond acceptors (Lipinski definition) is 4. The predicted molar refractivity (Wildman–Crippen MR) is 101 cm³/mol. The Morgan fingerprint density at radius 1 is 1.23 bits per heavy atom. The number of rotatable bonds is 5. The molecule has 0 unspecified atom stereocenters. The molecule has 6 nitrogen and oxygen atoms in total. The van der Waals surface area contributed by atoms with Gasteiger partial charge in [0.25, 0.3) is 5.91 Å². The molecule has 0 saturated carbocycles. The zero-order chi connectivity index (χ0) is 18.5. The van der Waals surface area contributed by atoms with Gasteiger partial charge in [-0.25, -0.2) is 10.1 Å². The number of carbonyl (C=O) groups is 1. The summed E-state index contributed by atoms with van der Waals surface area (Å²) in [6, 6.07) is 15.8. The largest absolute Gasteiger partial charge is 0.508 e. The molecule has 0 spiro atoms. The van der Waals surface area contributed by atoms with Gasteiger partial charge in [-0.3, -0.25) is 4.79 Å². The molecule has 0 aliphatic rings. The number of phenolic OH excluding ortho intramolecular Hbond substituents is 1. The van der Waals surface area contributed by atoms with Gasteiger partial charge < -0.3 is 5.11 Å². The summed E-state index contributed by atoms with van der Waals surface area (Å²) in [6.45, 7) is 2.38. The lowest BCUT2D eigenvalue weighted by atomic mass is 10.2. The number of nitrogens with one attached hydrogen (secondary N) is 1. The molecule has 26 heavy (non-hydrogen) atoms. The molecule has 3 aromatic rings. The number of aryl methyl sites for hydroxylation is 1. The number of aromatic nitrogens is 2. The van der Waals surface area contributed by atoms with Crippen LogP contribution < -0.4 is 5.43 Å². The lowest BCUT2D eigenvalue weighted by Gasteiger charge is -2.03. The van der Waals surface area contributed by atoms with Gasteiger partial charge in [0.05, 0.1) is 24.0 Å². The maximum Gasteiger partial charge on any atom is 0.271 e. The second kappa shape index (κ2) is 7.84. The van der Waals surface area contributed by atoms with E-state index >= 15 is 0 Å². The van der Waals surface area contributed by atoms with Crippen LogP contribution in [0.3, 0.4) is 0 Å². The van der Waals surface area contributed by atoms with Crippen molar-refractivity contribution in [3.63, 3.8) is 0 Å². The van der Waals surface area contributed by atoms with E-state index < -0.39 is 0 Å². The van der Waals surface area contributed by atoms with Crippen LogP contribution in [0.2, 0.25) is 5.15 Å². The van der Waals surface area contributed by atoms with E-state index in [1.807, 2.05) is 37.3 Å². The maximum absolute atomic E-state index is 12.0. The number of phenols is 1. The molecule has 1 aromatic heterocycles. The smallest absolute Gasteiger partial charge is 0.271 e. The summed E-state index contributed by atoms with van der Waals surface area (Å²) in [5.74, 6) is -0.287. The minimum absolute atomic E-state index is 0.0956. The van der Waals surface area contributed by atoms with Crippen molar-refractivity contribution in [2.75, 3.05) is 0 Å². The molecule has 132 valence electrons. The van der Waals surface area contributed by atoms with E-state index in [0.717, 1.165) is 5.56 Å². The van der Waals surface area contributed by atoms with Crippen LogP contribution in [0.15, 0.2) is 59.7 Å². The predicted octanol–water partition coefficient (Wildman–Crippen LogP) is 3.36. The average molecular weight is 369 g/mol. The van der Waals surface area contributed by atoms with E-state index in [-0.39, 0.29) is 11.7 Å². The molecule has 0 fully saturated rings. The molecule has 1 heterocycles. The molecule has 0 aliphatic heterocycles.